The minimum Gasteiger partial charge on any atom is -0.460 e. The first kappa shape index (κ1) is 32.1. The number of hydrogen-bond acceptors (Lipinski definition) is 8. The summed E-state index contributed by atoms with van der Waals surface area (Å²) in [5, 5.41) is 41.2. The highest BCUT2D eigenvalue weighted by molar-refractivity contribution is 5.66. The molecule has 238 valence electrons. The first-order valence-corrected chi connectivity index (χ1v) is 16.3. The molecule has 12 atom stereocenters. The van der Waals surface area contributed by atoms with Crippen LogP contribution in [0.4, 0.5) is 0 Å². The van der Waals surface area contributed by atoms with Crippen LogP contribution in [0.15, 0.2) is 23.8 Å². The number of ether oxygens (including phenoxy) is 3. The van der Waals surface area contributed by atoms with Gasteiger partial charge in [-0.1, -0.05) is 37.6 Å². The number of esters is 1. The van der Waals surface area contributed by atoms with E-state index >= 15 is 0 Å². The van der Waals surface area contributed by atoms with Crippen LogP contribution in [0.5, 0.6) is 0 Å². The zero-order valence-corrected chi connectivity index (χ0v) is 26.2. The highest BCUT2D eigenvalue weighted by Gasteiger charge is 2.60. The van der Waals surface area contributed by atoms with Crippen molar-refractivity contribution in [2.75, 3.05) is 13.2 Å². The van der Waals surface area contributed by atoms with Crippen LogP contribution in [0.25, 0.3) is 0 Å². The third-order valence-corrected chi connectivity index (χ3v) is 12.0. The molecule has 0 unspecified atom stereocenters. The Labute approximate surface area is 251 Å². The standard InChI is InChI=1S/C34H54O8/c1-20(7-6-14-32(3,4)42-21(2)36)25-10-11-26-24-9-8-22-17-23(41-31-30(39)29(38)28(37)18-40-31)12-16-34(22,19-35)27(24)13-15-33(25,26)5/h6-8,20,23-31,35,37-39H,9-19H2,1-5H3/b7-6+/t20-,23+,24+,25-,26+,27+,28-,29-,30+,31+,33-,34-/m1/s1. The number of aliphatic hydroxyl groups excluding tert-OH is 4. The van der Waals surface area contributed by atoms with Crippen molar-refractivity contribution in [2.24, 2.45) is 40.4 Å². The van der Waals surface area contributed by atoms with Gasteiger partial charge in [-0.25, -0.2) is 0 Å². The van der Waals surface area contributed by atoms with Crippen molar-refractivity contribution in [2.45, 2.75) is 129 Å². The van der Waals surface area contributed by atoms with Gasteiger partial charge in [-0.2, -0.15) is 0 Å². The monoisotopic (exact) mass is 590 g/mol. The van der Waals surface area contributed by atoms with E-state index in [1.165, 1.54) is 31.8 Å². The Kier molecular flexibility index (Phi) is 9.36. The molecule has 8 heteroatoms. The fourth-order valence-corrected chi connectivity index (χ4v) is 9.96. The fraction of sp³-hybridized carbons (Fsp3) is 0.853. The molecular formula is C34H54O8. The van der Waals surface area contributed by atoms with E-state index in [9.17, 15) is 25.2 Å². The summed E-state index contributed by atoms with van der Waals surface area (Å²) >= 11 is 0. The summed E-state index contributed by atoms with van der Waals surface area (Å²) in [5.41, 5.74) is 0.860. The summed E-state index contributed by atoms with van der Waals surface area (Å²) < 4.78 is 17.1. The third-order valence-electron chi connectivity index (χ3n) is 12.0. The summed E-state index contributed by atoms with van der Waals surface area (Å²) in [6.45, 7) is 10.3. The lowest BCUT2D eigenvalue weighted by molar-refractivity contribution is -0.285. The number of aliphatic hydroxyl groups is 4. The minimum absolute atomic E-state index is 0.0650. The molecule has 8 nitrogen and oxygen atoms in total. The zero-order valence-electron chi connectivity index (χ0n) is 26.2. The van der Waals surface area contributed by atoms with Gasteiger partial charge in [-0.15, -0.1) is 0 Å². The van der Waals surface area contributed by atoms with Crippen LogP contribution in [-0.2, 0) is 19.0 Å². The molecule has 5 rings (SSSR count). The van der Waals surface area contributed by atoms with E-state index in [1.54, 1.807) is 0 Å². The van der Waals surface area contributed by atoms with Crippen LogP contribution in [0, 0.1) is 40.4 Å². The fourth-order valence-electron chi connectivity index (χ4n) is 9.96. The van der Waals surface area contributed by atoms with Gasteiger partial charge in [0.2, 0.25) is 0 Å². The summed E-state index contributed by atoms with van der Waals surface area (Å²) in [5.74, 6) is 2.50. The molecule has 1 aliphatic heterocycles. The van der Waals surface area contributed by atoms with Crippen LogP contribution in [0.2, 0.25) is 0 Å². The summed E-state index contributed by atoms with van der Waals surface area (Å²) in [7, 11) is 0. The number of carbonyl (C=O) groups is 1. The van der Waals surface area contributed by atoms with Gasteiger partial charge >= 0.3 is 5.97 Å². The molecule has 0 aromatic carbocycles. The van der Waals surface area contributed by atoms with E-state index in [4.69, 9.17) is 14.2 Å². The van der Waals surface area contributed by atoms with Crippen molar-refractivity contribution in [3.05, 3.63) is 23.8 Å². The molecule has 3 saturated carbocycles. The summed E-state index contributed by atoms with van der Waals surface area (Å²) in [6.07, 6.45) is 11.0. The predicted octanol–water partition coefficient (Wildman–Crippen LogP) is 4.29. The lowest BCUT2D eigenvalue weighted by Gasteiger charge is -2.59. The van der Waals surface area contributed by atoms with Crippen molar-refractivity contribution < 1.29 is 39.4 Å². The second-order valence-electron chi connectivity index (χ2n) is 15.0. The van der Waals surface area contributed by atoms with Gasteiger partial charge in [0.1, 0.15) is 23.9 Å². The zero-order chi connectivity index (χ0) is 30.4. The lowest BCUT2D eigenvalue weighted by atomic mass is 9.46. The third kappa shape index (κ3) is 5.89. The molecule has 1 heterocycles. The molecule has 0 aromatic rings. The maximum atomic E-state index is 11.4. The highest BCUT2D eigenvalue weighted by Crippen LogP contribution is 2.67. The Hall–Kier alpha value is -1.29. The van der Waals surface area contributed by atoms with E-state index < -0.39 is 30.2 Å². The van der Waals surface area contributed by atoms with Gasteiger partial charge in [0.05, 0.1) is 19.3 Å². The van der Waals surface area contributed by atoms with Gasteiger partial charge in [-0.05, 0) is 100 Å². The number of hydrogen-bond donors (Lipinski definition) is 4. The Morgan fingerprint density at radius 1 is 1.14 bits per heavy atom. The number of allylic oxidation sites excluding steroid dienone is 2. The Balaban J connectivity index is 1.25. The number of rotatable bonds is 8. The quantitative estimate of drug-likeness (QED) is 0.244. The number of fused-ring (bicyclic) bond motifs is 5. The van der Waals surface area contributed by atoms with Crippen molar-refractivity contribution in [3.63, 3.8) is 0 Å². The molecule has 1 saturated heterocycles. The Morgan fingerprint density at radius 2 is 1.90 bits per heavy atom. The van der Waals surface area contributed by atoms with Gasteiger partial charge < -0.3 is 34.6 Å². The average Bonchev–Trinajstić information content (AvgIpc) is 3.29. The molecule has 4 N–H and O–H groups in total. The highest BCUT2D eigenvalue weighted by atomic mass is 16.7. The molecule has 42 heavy (non-hydrogen) atoms. The number of carbonyl (C=O) groups excluding carboxylic acids is 1. The first-order valence-electron chi connectivity index (χ1n) is 16.3. The second kappa shape index (κ2) is 12.2. The topological polar surface area (TPSA) is 126 Å². The van der Waals surface area contributed by atoms with Crippen LogP contribution < -0.4 is 0 Å². The molecular weight excluding hydrogens is 536 g/mol. The first-order chi connectivity index (χ1) is 19.8. The van der Waals surface area contributed by atoms with Crippen LogP contribution in [-0.4, -0.2) is 75.9 Å². The SMILES string of the molecule is CC(=O)OC(C)(C)C/C=C/[C@@H](C)[C@H]1CC[C@H]2[C@@H]3CC=C4C[C@@H](O[C@@H]5OC[C@@H](O)[C@@H](O)[C@@H]5O)CC[C@]4(CO)[C@H]3CC[C@]12C. The minimum atomic E-state index is -1.29. The van der Waals surface area contributed by atoms with Crippen molar-refractivity contribution in [1.29, 1.82) is 0 Å². The second-order valence-corrected chi connectivity index (χ2v) is 15.0. The average molecular weight is 591 g/mol. The van der Waals surface area contributed by atoms with Gasteiger partial charge in [0.25, 0.3) is 0 Å². The molecule has 0 radical (unpaired) electrons. The van der Waals surface area contributed by atoms with Crippen molar-refractivity contribution in [1.82, 2.24) is 0 Å². The van der Waals surface area contributed by atoms with Crippen molar-refractivity contribution >= 4 is 5.97 Å². The summed E-state index contributed by atoms with van der Waals surface area (Å²) in [6, 6.07) is 0. The molecule has 5 aliphatic rings. The Morgan fingerprint density at radius 3 is 2.62 bits per heavy atom. The Bertz CT molecular complexity index is 1040. The van der Waals surface area contributed by atoms with E-state index in [-0.39, 0.29) is 36.1 Å². The normalized spacial score (nSPS) is 44.6. The smallest absolute Gasteiger partial charge is 0.303 e. The molecule has 0 bridgehead atoms. The maximum absolute atomic E-state index is 11.4. The molecule has 4 aliphatic carbocycles. The van der Waals surface area contributed by atoms with E-state index in [0.717, 1.165) is 25.7 Å². The molecule has 4 fully saturated rings. The lowest BCUT2D eigenvalue weighted by Crippen LogP contribution is -2.56. The van der Waals surface area contributed by atoms with Crippen LogP contribution in [0.1, 0.15) is 92.4 Å². The van der Waals surface area contributed by atoms with Gasteiger partial charge in [0.15, 0.2) is 6.29 Å². The van der Waals surface area contributed by atoms with Crippen LogP contribution in [0.3, 0.4) is 0 Å². The van der Waals surface area contributed by atoms with Gasteiger partial charge in [-0.3, -0.25) is 4.79 Å². The molecule has 0 amide bonds. The predicted molar refractivity (Wildman–Crippen MR) is 158 cm³/mol. The van der Waals surface area contributed by atoms with E-state index in [0.29, 0.717) is 42.4 Å². The van der Waals surface area contributed by atoms with Crippen LogP contribution >= 0.6 is 0 Å². The molecule has 0 aromatic heterocycles. The van der Waals surface area contributed by atoms with Gasteiger partial charge in [0, 0.05) is 18.8 Å². The maximum Gasteiger partial charge on any atom is 0.303 e. The summed E-state index contributed by atoms with van der Waals surface area (Å²) in [4.78, 5) is 11.4. The van der Waals surface area contributed by atoms with Crippen molar-refractivity contribution in [3.8, 4) is 0 Å². The van der Waals surface area contributed by atoms with E-state index in [2.05, 4.69) is 32.1 Å². The molecule has 0 spiro atoms. The largest absolute Gasteiger partial charge is 0.460 e. The van der Waals surface area contributed by atoms with E-state index in [1.807, 2.05) is 13.8 Å².